The Balaban J connectivity index is 0.000000980. The first kappa shape index (κ1) is 10.6. The summed E-state index contributed by atoms with van der Waals surface area (Å²) in [6, 6.07) is 1.76. The Morgan fingerprint density at radius 2 is 1.86 bits per heavy atom. The van der Waals surface area contributed by atoms with Gasteiger partial charge in [0, 0.05) is 13.1 Å². The summed E-state index contributed by atoms with van der Waals surface area (Å²) < 4.78 is 0. The van der Waals surface area contributed by atoms with Crippen LogP contribution in [0.15, 0.2) is 12.3 Å². The number of anilines is 3. The highest BCUT2D eigenvalue weighted by Gasteiger charge is 2.15. The third kappa shape index (κ3) is 1.88. The van der Waals surface area contributed by atoms with Gasteiger partial charge in [0.05, 0.1) is 17.6 Å². The molecule has 0 saturated carbocycles. The molecule has 0 bridgehead atoms. The maximum atomic E-state index is 5.82. The van der Waals surface area contributed by atoms with E-state index in [1.807, 2.05) is 0 Å². The van der Waals surface area contributed by atoms with Gasteiger partial charge in [-0.15, -0.1) is 0 Å². The van der Waals surface area contributed by atoms with Crippen molar-refractivity contribution >= 4 is 17.2 Å². The number of rotatable bonds is 1. The highest BCUT2D eigenvalue weighted by atomic mass is 16.0. The summed E-state index contributed by atoms with van der Waals surface area (Å²) in [6.07, 6.45) is 4.11. The van der Waals surface area contributed by atoms with Crippen molar-refractivity contribution in [2.75, 3.05) is 29.5 Å². The summed E-state index contributed by atoms with van der Waals surface area (Å²) in [5.41, 5.74) is 12.7. The van der Waals surface area contributed by atoms with Gasteiger partial charge in [0.25, 0.3) is 0 Å². The second-order valence-corrected chi connectivity index (χ2v) is 3.38. The summed E-state index contributed by atoms with van der Waals surface area (Å²) in [7, 11) is 0. The van der Waals surface area contributed by atoms with Gasteiger partial charge in [-0.25, -0.2) is 4.98 Å². The van der Waals surface area contributed by atoms with Crippen molar-refractivity contribution in [2.45, 2.75) is 12.8 Å². The van der Waals surface area contributed by atoms with Crippen LogP contribution in [-0.4, -0.2) is 23.5 Å². The fraction of sp³-hybridized carbons (Fsp3) is 0.444. The Labute approximate surface area is 83.0 Å². The number of nitrogens with zero attached hydrogens (tertiary/aromatic N) is 2. The first-order chi connectivity index (χ1) is 6.27. The van der Waals surface area contributed by atoms with Gasteiger partial charge in [-0.05, 0) is 18.9 Å². The quantitative estimate of drug-likeness (QED) is 0.661. The van der Waals surface area contributed by atoms with Crippen molar-refractivity contribution in [1.29, 1.82) is 0 Å². The lowest BCUT2D eigenvalue weighted by atomic mass is 10.3. The van der Waals surface area contributed by atoms with Crippen LogP contribution in [0.3, 0.4) is 0 Å². The molecule has 0 amide bonds. The molecule has 6 N–H and O–H groups in total. The van der Waals surface area contributed by atoms with Gasteiger partial charge >= 0.3 is 0 Å². The first-order valence-electron chi connectivity index (χ1n) is 4.53. The van der Waals surface area contributed by atoms with Gasteiger partial charge in [0.15, 0.2) is 5.82 Å². The minimum Gasteiger partial charge on any atom is -0.412 e. The van der Waals surface area contributed by atoms with Gasteiger partial charge in [0.2, 0.25) is 0 Å². The third-order valence-corrected chi connectivity index (χ3v) is 2.32. The summed E-state index contributed by atoms with van der Waals surface area (Å²) >= 11 is 0. The first-order valence-corrected chi connectivity index (χ1v) is 4.53. The fourth-order valence-corrected chi connectivity index (χ4v) is 1.68. The average Bonchev–Trinajstić information content (AvgIpc) is 2.56. The fourth-order valence-electron chi connectivity index (χ4n) is 1.68. The largest absolute Gasteiger partial charge is 0.412 e. The van der Waals surface area contributed by atoms with Gasteiger partial charge in [-0.3, -0.25) is 0 Å². The van der Waals surface area contributed by atoms with E-state index in [9.17, 15) is 0 Å². The van der Waals surface area contributed by atoms with Crippen LogP contribution < -0.4 is 16.4 Å². The number of aromatic nitrogens is 1. The SMILES string of the molecule is Nc1cnc(N2CCCC2)c(N)c1.O. The van der Waals surface area contributed by atoms with Crippen LogP contribution in [0.5, 0.6) is 0 Å². The molecule has 0 aliphatic carbocycles. The van der Waals surface area contributed by atoms with E-state index in [2.05, 4.69) is 9.88 Å². The van der Waals surface area contributed by atoms with Crippen LogP contribution in [0, 0.1) is 0 Å². The van der Waals surface area contributed by atoms with E-state index < -0.39 is 0 Å². The highest BCUT2D eigenvalue weighted by molar-refractivity contribution is 5.67. The van der Waals surface area contributed by atoms with Crippen LogP contribution >= 0.6 is 0 Å². The Morgan fingerprint density at radius 3 is 2.43 bits per heavy atom. The number of nitrogen functional groups attached to an aromatic ring is 2. The van der Waals surface area contributed by atoms with Crippen molar-refractivity contribution in [3.63, 3.8) is 0 Å². The molecule has 1 aliphatic rings. The minimum absolute atomic E-state index is 0. The summed E-state index contributed by atoms with van der Waals surface area (Å²) in [4.78, 5) is 6.44. The monoisotopic (exact) mass is 196 g/mol. The molecule has 0 spiro atoms. The molecule has 78 valence electrons. The van der Waals surface area contributed by atoms with E-state index in [0.29, 0.717) is 11.4 Å². The van der Waals surface area contributed by atoms with Crippen LogP contribution in [0.2, 0.25) is 0 Å². The van der Waals surface area contributed by atoms with Crippen molar-refractivity contribution in [3.05, 3.63) is 12.3 Å². The molecule has 14 heavy (non-hydrogen) atoms. The Morgan fingerprint density at radius 1 is 1.21 bits per heavy atom. The molecule has 5 heteroatoms. The Bertz CT molecular complexity index is 310. The van der Waals surface area contributed by atoms with Crippen molar-refractivity contribution < 1.29 is 5.48 Å². The normalized spacial score (nSPS) is 15.3. The van der Waals surface area contributed by atoms with E-state index in [1.54, 1.807) is 12.3 Å². The maximum absolute atomic E-state index is 5.82. The van der Waals surface area contributed by atoms with Gasteiger partial charge < -0.3 is 21.8 Å². The van der Waals surface area contributed by atoms with Crippen LogP contribution in [0.4, 0.5) is 17.2 Å². The molecule has 1 aromatic heterocycles. The van der Waals surface area contributed by atoms with Crippen molar-refractivity contribution in [3.8, 4) is 0 Å². The lowest BCUT2D eigenvalue weighted by molar-refractivity contribution is 0.824. The zero-order valence-corrected chi connectivity index (χ0v) is 8.03. The summed E-state index contributed by atoms with van der Waals surface area (Å²) in [5, 5.41) is 0. The van der Waals surface area contributed by atoms with Crippen molar-refractivity contribution in [2.24, 2.45) is 0 Å². The van der Waals surface area contributed by atoms with Gasteiger partial charge in [0.1, 0.15) is 0 Å². The van der Waals surface area contributed by atoms with E-state index in [4.69, 9.17) is 11.5 Å². The van der Waals surface area contributed by atoms with Crippen LogP contribution in [-0.2, 0) is 0 Å². The number of nitrogens with two attached hydrogens (primary N) is 2. The predicted octanol–water partition coefficient (Wildman–Crippen LogP) is 0.0215. The predicted molar refractivity (Wildman–Crippen MR) is 58.1 cm³/mol. The second kappa shape index (κ2) is 4.15. The molecule has 0 radical (unpaired) electrons. The van der Waals surface area contributed by atoms with E-state index in [-0.39, 0.29) is 5.48 Å². The molecule has 1 saturated heterocycles. The minimum atomic E-state index is 0. The molecule has 2 rings (SSSR count). The smallest absolute Gasteiger partial charge is 0.151 e. The van der Waals surface area contributed by atoms with E-state index in [1.165, 1.54) is 12.8 Å². The zero-order valence-electron chi connectivity index (χ0n) is 8.03. The highest BCUT2D eigenvalue weighted by Crippen LogP contribution is 2.25. The maximum Gasteiger partial charge on any atom is 0.151 e. The van der Waals surface area contributed by atoms with Crippen molar-refractivity contribution in [1.82, 2.24) is 4.98 Å². The molecular weight excluding hydrogens is 180 g/mol. The average molecular weight is 196 g/mol. The standard InChI is InChI=1S/C9H14N4.H2O/c10-7-5-8(11)9(12-6-7)13-3-1-2-4-13;/h5-6H,1-4,10-11H2;1H2. The van der Waals surface area contributed by atoms with E-state index in [0.717, 1.165) is 18.9 Å². The zero-order chi connectivity index (χ0) is 9.26. The second-order valence-electron chi connectivity index (χ2n) is 3.38. The molecule has 0 atom stereocenters. The molecular formula is C9H16N4O. The van der Waals surface area contributed by atoms with Crippen LogP contribution in [0.25, 0.3) is 0 Å². The lowest BCUT2D eigenvalue weighted by Gasteiger charge is -2.17. The molecule has 1 fully saturated rings. The summed E-state index contributed by atoms with van der Waals surface area (Å²) in [6.45, 7) is 2.11. The van der Waals surface area contributed by atoms with E-state index >= 15 is 0 Å². The molecule has 2 heterocycles. The third-order valence-electron chi connectivity index (χ3n) is 2.32. The Hall–Kier alpha value is -1.49. The molecule has 0 aromatic carbocycles. The number of hydrogen-bond acceptors (Lipinski definition) is 4. The lowest BCUT2D eigenvalue weighted by Crippen LogP contribution is -2.20. The van der Waals surface area contributed by atoms with Gasteiger partial charge in [-0.1, -0.05) is 0 Å². The van der Waals surface area contributed by atoms with Crippen LogP contribution in [0.1, 0.15) is 12.8 Å². The number of hydrogen-bond donors (Lipinski definition) is 2. The Kier molecular flexibility index (Phi) is 3.14. The molecule has 1 aromatic rings. The topological polar surface area (TPSA) is 99.7 Å². The molecule has 1 aliphatic heterocycles. The molecule has 0 unspecified atom stereocenters. The summed E-state index contributed by atoms with van der Waals surface area (Å²) in [5.74, 6) is 0.881. The number of pyridine rings is 1. The van der Waals surface area contributed by atoms with Gasteiger partial charge in [-0.2, -0.15) is 0 Å². The molecule has 5 nitrogen and oxygen atoms in total.